The normalized spacial score (nSPS) is 11.2. The number of rotatable bonds is 4. The number of hydrogen-bond donors (Lipinski definition) is 1. The van der Waals surface area contributed by atoms with Crippen LogP contribution >= 0.6 is 0 Å². The first-order valence-corrected chi connectivity index (χ1v) is 8.17. The number of benzene rings is 2. The van der Waals surface area contributed by atoms with Gasteiger partial charge in [0.15, 0.2) is 0 Å². The third-order valence-corrected chi connectivity index (χ3v) is 4.19. The summed E-state index contributed by atoms with van der Waals surface area (Å²) in [7, 11) is 13.5. The number of fused-ring (bicyclic) bond motifs is 1. The first-order valence-electron chi connectivity index (χ1n) is 8.17. The number of allylic oxidation sites excluding steroid dienone is 1. The number of aromatic nitrogens is 1. The van der Waals surface area contributed by atoms with E-state index >= 15 is 0 Å². The van der Waals surface area contributed by atoms with Gasteiger partial charge in [-0.15, -0.1) is 17.7 Å². The van der Waals surface area contributed by atoms with E-state index in [1.807, 2.05) is 0 Å². The summed E-state index contributed by atoms with van der Waals surface area (Å²) in [5.41, 5.74) is 6.50. The van der Waals surface area contributed by atoms with Crippen LogP contribution < -0.4 is 133 Å². The van der Waals surface area contributed by atoms with E-state index in [0.29, 0.717) is 17.2 Å². The Morgan fingerprint density at radius 3 is 2.43 bits per heavy atom. The Bertz CT molecular complexity index is 1170. The molecule has 0 aliphatic heterocycles. The molecule has 0 saturated carbocycles. The second kappa shape index (κ2) is 12.5. The minimum absolute atomic E-state index is 0. The molecule has 0 fully saturated rings. The van der Waals surface area contributed by atoms with Crippen LogP contribution in [0.5, 0.6) is 0 Å². The van der Waals surface area contributed by atoms with Gasteiger partial charge in [-0.25, -0.2) is 14.8 Å². The number of pyridine rings is 1. The van der Waals surface area contributed by atoms with Crippen LogP contribution in [0.25, 0.3) is 16.5 Å². The first kappa shape index (κ1) is 28.4. The molecule has 0 atom stereocenters. The van der Waals surface area contributed by atoms with Crippen molar-refractivity contribution in [3.05, 3.63) is 87.7 Å². The van der Waals surface area contributed by atoms with Crippen molar-refractivity contribution in [2.45, 2.75) is 0 Å². The zero-order chi connectivity index (χ0) is 20.4. The van der Waals surface area contributed by atoms with E-state index in [4.69, 9.17) is 21.4 Å². The van der Waals surface area contributed by atoms with E-state index in [9.17, 15) is 13.6 Å². The molecule has 2 aromatic carbocycles. The fourth-order valence-corrected chi connectivity index (χ4v) is 2.90. The molecule has 0 amide bonds. The van der Waals surface area contributed by atoms with Crippen molar-refractivity contribution < 1.29 is 125 Å². The van der Waals surface area contributed by atoms with Crippen LogP contribution in [0.4, 0.5) is 8.78 Å². The van der Waals surface area contributed by atoms with Crippen LogP contribution in [0, 0.1) is 23.6 Å². The summed E-state index contributed by atoms with van der Waals surface area (Å²) >= 11 is 0. The number of hydrogen-bond acceptors (Lipinski definition) is 3. The predicted molar refractivity (Wildman–Crippen MR) is 109 cm³/mol. The minimum atomic E-state index is -0.905. The Morgan fingerprint density at radius 1 is 1.23 bits per heavy atom. The molecule has 30 heavy (non-hydrogen) atoms. The summed E-state index contributed by atoms with van der Waals surface area (Å²) in [5, 5.41) is -0.131. The van der Waals surface area contributed by atoms with Gasteiger partial charge in [-0.05, 0) is 11.6 Å². The van der Waals surface area contributed by atoms with Crippen LogP contribution in [0.1, 0.15) is 11.1 Å². The summed E-state index contributed by atoms with van der Waals surface area (Å²) in [6.45, 7) is 0. The average Bonchev–Trinajstić information content (AvgIpc) is 2.65. The maximum absolute atomic E-state index is 14.2. The summed E-state index contributed by atoms with van der Waals surface area (Å²) in [6.07, 6.45) is 3.01. The minimum Gasteiger partial charge on any atom is -0.416 e. The molecule has 0 bridgehead atoms. The van der Waals surface area contributed by atoms with Crippen molar-refractivity contribution in [1.29, 1.82) is 0 Å². The predicted octanol–water partition coefficient (Wildman–Crippen LogP) is -4.56. The fraction of sp³-hybridized carbons (Fsp3) is 0.0500. The third-order valence-electron chi connectivity index (χ3n) is 4.19. The molecule has 1 aromatic heterocycles. The smallest absolute Gasteiger partial charge is 0.416 e. The number of halogens is 2. The van der Waals surface area contributed by atoms with Crippen LogP contribution in [0.3, 0.4) is 0 Å². The van der Waals surface area contributed by atoms with Crippen molar-refractivity contribution in [3.8, 4) is 0 Å². The van der Waals surface area contributed by atoms with Crippen LogP contribution in [0.2, 0.25) is 0 Å². The number of aliphatic imine (C=N–C) groups is 1. The van der Waals surface area contributed by atoms with Gasteiger partial charge in [-0.1, -0.05) is 29.7 Å². The summed E-state index contributed by atoms with van der Waals surface area (Å²) in [6, 6.07) is 10.8. The molecule has 4 radical (unpaired) electrons. The quantitative estimate of drug-likeness (QED) is 0.206. The van der Waals surface area contributed by atoms with E-state index in [1.54, 1.807) is 37.5 Å². The van der Waals surface area contributed by atoms with E-state index in [-0.39, 0.29) is 139 Å². The Labute approximate surface area is 273 Å². The van der Waals surface area contributed by atoms with Gasteiger partial charge >= 0.3 is 116 Å². The van der Waals surface area contributed by atoms with Crippen molar-refractivity contribution >= 4 is 43.8 Å². The van der Waals surface area contributed by atoms with E-state index in [1.165, 1.54) is 6.20 Å². The van der Waals surface area contributed by atoms with Gasteiger partial charge in [0, 0.05) is 30.9 Å². The molecule has 10 heteroatoms. The monoisotopic (exact) mass is 541 g/mol. The van der Waals surface area contributed by atoms with Gasteiger partial charge < -0.3 is 15.1 Å². The fourth-order valence-electron chi connectivity index (χ4n) is 2.90. The standard InChI is InChI=1S/C20H13B2F2N3O.2Rb/c1-26-10-13(9-25)11-2-4-12(5-3-11)20(22)27-17-7-14(23)6-16(24)19(17)15(21)8-18(27)28;;/h2-7,9-10H,25H2,1H3;;/q-2;2*+1/b13-9+,26-10?;;. The van der Waals surface area contributed by atoms with Crippen molar-refractivity contribution in [2.24, 2.45) is 10.7 Å². The molecule has 2 N–H and O–H groups in total. The maximum Gasteiger partial charge on any atom is 1.00 e. The molecule has 3 aromatic rings. The summed E-state index contributed by atoms with van der Waals surface area (Å²) in [4.78, 5) is 16.4. The second-order valence-corrected chi connectivity index (χ2v) is 5.93. The van der Waals surface area contributed by atoms with Crippen molar-refractivity contribution in [2.75, 3.05) is 7.05 Å². The van der Waals surface area contributed by atoms with Gasteiger partial charge in [0.2, 0.25) is 0 Å². The molecule has 0 spiro atoms. The molecule has 0 aliphatic rings. The Morgan fingerprint density at radius 2 is 1.87 bits per heavy atom. The van der Waals surface area contributed by atoms with Gasteiger partial charge in [0.05, 0.1) is 21.3 Å². The maximum atomic E-state index is 14.2. The van der Waals surface area contributed by atoms with Crippen LogP contribution in [-0.2, 0) is 0 Å². The van der Waals surface area contributed by atoms with E-state index in [2.05, 4.69) is 11.1 Å². The van der Waals surface area contributed by atoms with Crippen LogP contribution in [0.15, 0.2) is 52.4 Å². The second-order valence-electron chi connectivity index (χ2n) is 5.93. The van der Waals surface area contributed by atoms with Gasteiger partial charge in [-0.3, -0.25) is 10.5 Å². The summed E-state index contributed by atoms with van der Waals surface area (Å²) < 4.78 is 28.9. The largest absolute Gasteiger partial charge is 1.00 e. The Kier molecular flexibility index (Phi) is 11.9. The number of nitrogens with zero attached hydrogens (tertiary/aromatic N) is 2. The van der Waals surface area contributed by atoms with E-state index in [0.717, 1.165) is 16.2 Å². The molecule has 0 saturated heterocycles. The topological polar surface area (TPSA) is 60.4 Å². The first-order chi connectivity index (χ1) is 13.4. The van der Waals surface area contributed by atoms with Gasteiger partial charge in [0.1, 0.15) is 5.82 Å². The van der Waals surface area contributed by atoms with Gasteiger partial charge in [0.25, 0.3) is 0 Å². The Hall–Kier alpha value is 0.330. The molecular weight excluding hydrogens is 529 g/mol. The Balaban J connectivity index is 0.00000225. The average molecular weight is 542 g/mol. The molecular formula is C20H13B2F2N3ORb2. The SMILES string of the molecule is [B]c1[c-]c(=O)n([C-]([B])c2ccc(/C(C=NC)=C/N)cc2)c2cc(F)cc(F)c12.[Rb+].[Rb+]. The zero-order valence-electron chi connectivity index (χ0n) is 16.9. The van der Waals surface area contributed by atoms with Crippen molar-refractivity contribution in [1.82, 2.24) is 4.57 Å². The molecule has 3 rings (SSSR count). The van der Waals surface area contributed by atoms with Crippen LogP contribution in [-0.4, -0.2) is 33.5 Å². The number of nitrogens with two attached hydrogens (primary N) is 1. The molecule has 0 unspecified atom stereocenters. The molecule has 4 nitrogen and oxygen atoms in total. The molecule has 1 heterocycles. The van der Waals surface area contributed by atoms with E-state index < -0.39 is 17.2 Å². The zero-order valence-corrected chi connectivity index (χ0v) is 26.7. The van der Waals surface area contributed by atoms with Crippen molar-refractivity contribution in [3.63, 3.8) is 0 Å². The van der Waals surface area contributed by atoms with Gasteiger partial charge in [-0.2, -0.15) is 5.39 Å². The third kappa shape index (κ3) is 6.01. The molecule has 0 aliphatic carbocycles. The molecule has 136 valence electrons. The summed E-state index contributed by atoms with van der Waals surface area (Å²) in [5.74, 6) is -1.79.